The van der Waals surface area contributed by atoms with Crippen LogP contribution in [0.15, 0.2) is 85.1 Å². The zero-order valence-electron chi connectivity index (χ0n) is 44.2. The third-order valence-electron chi connectivity index (χ3n) is 12.0. The van der Waals surface area contributed by atoms with Crippen molar-refractivity contribution < 1.29 is 58.2 Å². The molecule has 12 heteroatoms. The van der Waals surface area contributed by atoms with Gasteiger partial charge in [-0.05, 0) is 77.0 Å². The number of rotatable bonds is 45. The van der Waals surface area contributed by atoms with Gasteiger partial charge in [0.25, 0.3) is 0 Å². The highest BCUT2D eigenvalue weighted by Gasteiger charge is 2.50. The molecule has 0 aromatic heterocycles. The molecule has 0 aromatic rings. The molecule has 1 rings (SSSR count). The average molecular weight is 997 g/mol. The van der Waals surface area contributed by atoms with E-state index in [-0.39, 0.29) is 25.9 Å². The molecule has 0 bridgehead atoms. The minimum absolute atomic E-state index is 0.0373. The lowest BCUT2D eigenvalue weighted by molar-refractivity contribution is -0.301. The lowest BCUT2D eigenvalue weighted by atomic mass is 9.98. The molecular formula is C59H96O12. The van der Waals surface area contributed by atoms with Crippen molar-refractivity contribution in [2.75, 3.05) is 13.2 Å². The first-order valence-electron chi connectivity index (χ1n) is 27.6. The molecule has 0 amide bonds. The Labute approximate surface area is 429 Å². The first kappa shape index (κ1) is 64.9. The maximum atomic E-state index is 13.1. The van der Waals surface area contributed by atoms with E-state index in [1.807, 2.05) is 12.2 Å². The third kappa shape index (κ3) is 37.3. The number of carbonyl (C=O) groups is 4. The third-order valence-corrected chi connectivity index (χ3v) is 12.0. The van der Waals surface area contributed by atoms with Gasteiger partial charge < -0.3 is 39.0 Å². The largest absolute Gasteiger partial charge is 0.479 e. The summed E-state index contributed by atoms with van der Waals surface area (Å²) in [5, 5.41) is 31.4. The Balaban J connectivity index is 2.75. The molecule has 0 aromatic carbocycles. The molecule has 404 valence electrons. The van der Waals surface area contributed by atoms with Crippen molar-refractivity contribution in [3.05, 3.63) is 85.1 Å². The van der Waals surface area contributed by atoms with E-state index >= 15 is 0 Å². The molecule has 6 unspecified atom stereocenters. The number of carboxylic acids is 1. The lowest BCUT2D eigenvalue weighted by Crippen LogP contribution is -2.61. The normalized spacial score (nSPS) is 19.1. The van der Waals surface area contributed by atoms with Crippen molar-refractivity contribution >= 4 is 23.9 Å². The van der Waals surface area contributed by atoms with E-state index in [1.165, 1.54) is 44.9 Å². The number of aliphatic carboxylic acids is 1. The van der Waals surface area contributed by atoms with Gasteiger partial charge in [0.15, 0.2) is 24.6 Å². The molecule has 3 N–H and O–H groups in total. The molecule has 0 saturated carbocycles. The summed E-state index contributed by atoms with van der Waals surface area (Å²) in [5.41, 5.74) is 0. The van der Waals surface area contributed by atoms with E-state index in [9.17, 15) is 34.5 Å². The Morgan fingerprint density at radius 1 is 0.479 bits per heavy atom. The predicted octanol–water partition coefficient (Wildman–Crippen LogP) is 13.6. The average Bonchev–Trinajstić information content (AvgIpc) is 3.35. The Hall–Kier alpha value is -4.10. The number of hydrogen-bond acceptors (Lipinski definition) is 11. The molecule has 1 aliphatic heterocycles. The van der Waals surface area contributed by atoms with E-state index in [0.717, 1.165) is 103 Å². The Bertz CT molecular complexity index is 1560. The summed E-state index contributed by atoms with van der Waals surface area (Å²) in [5.74, 6) is -3.25. The van der Waals surface area contributed by atoms with Crippen LogP contribution < -0.4 is 0 Å². The zero-order valence-corrected chi connectivity index (χ0v) is 44.2. The van der Waals surface area contributed by atoms with E-state index in [0.29, 0.717) is 25.7 Å². The fraction of sp³-hybridized carbons (Fsp3) is 0.695. The predicted molar refractivity (Wildman–Crippen MR) is 284 cm³/mol. The van der Waals surface area contributed by atoms with Crippen LogP contribution in [0.25, 0.3) is 0 Å². The minimum atomic E-state index is -1.91. The van der Waals surface area contributed by atoms with Gasteiger partial charge >= 0.3 is 23.9 Å². The van der Waals surface area contributed by atoms with Gasteiger partial charge in [0, 0.05) is 19.3 Å². The number of unbranched alkanes of at least 4 members (excludes halogenated alkanes) is 17. The fourth-order valence-electron chi connectivity index (χ4n) is 7.81. The second-order valence-electron chi connectivity index (χ2n) is 18.5. The van der Waals surface area contributed by atoms with Crippen molar-refractivity contribution in [3.63, 3.8) is 0 Å². The first-order valence-corrected chi connectivity index (χ1v) is 27.6. The van der Waals surface area contributed by atoms with Crippen molar-refractivity contribution in [1.82, 2.24) is 0 Å². The van der Waals surface area contributed by atoms with Crippen LogP contribution in [0.3, 0.4) is 0 Å². The summed E-state index contributed by atoms with van der Waals surface area (Å²) in [6.45, 7) is 5.66. The van der Waals surface area contributed by atoms with Crippen LogP contribution in [0, 0.1) is 0 Å². The van der Waals surface area contributed by atoms with E-state index in [4.69, 9.17) is 23.7 Å². The molecule has 71 heavy (non-hydrogen) atoms. The molecule has 1 fully saturated rings. The standard InChI is InChI=1S/C59H96O12/c1-4-7-10-13-16-19-22-24-25-26-27-29-31-33-36-39-42-45-51(60)67-48-50(69-52(61)46-43-40-37-35-32-28-23-20-17-14-11-8-5-2)49-68-59-57(55(64)54(63)56(71-59)58(65)66)70-53(62)47-44-41-38-34-30-21-18-15-12-9-6-3/h7-8,10-11,16-17,19-20,24-25,28,32,37,40,50,54-57,59,63-64H,4-6,9,12-15,18,21-23,26-27,29-31,33-36,38-39,41-49H2,1-3H3,(H,65,66)/b10-7-,11-8-,19-16-,20-17-,25-24-,32-28-,40-37-. The molecule has 6 atom stereocenters. The maximum Gasteiger partial charge on any atom is 0.335 e. The van der Waals surface area contributed by atoms with Gasteiger partial charge in [-0.25, -0.2) is 4.79 Å². The first-order chi connectivity index (χ1) is 34.6. The molecule has 0 radical (unpaired) electrons. The van der Waals surface area contributed by atoms with Crippen LogP contribution >= 0.6 is 0 Å². The number of carbonyl (C=O) groups excluding carboxylic acids is 3. The Kier molecular flexibility index (Phi) is 42.9. The quantitative estimate of drug-likeness (QED) is 0.0228. The van der Waals surface area contributed by atoms with Crippen molar-refractivity contribution in [1.29, 1.82) is 0 Å². The van der Waals surface area contributed by atoms with Crippen molar-refractivity contribution in [2.24, 2.45) is 0 Å². The van der Waals surface area contributed by atoms with Crippen molar-refractivity contribution in [2.45, 2.75) is 250 Å². The van der Waals surface area contributed by atoms with Crippen LogP contribution in [0.4, 0.5) is 0 Å². The number of aliphatic hydroxyl groups excluding tert-OH is 2. The lowest BCUT2D eigenvalue weighted by Gasteiger charge is -2.40. The number of hydrogen-bond donors (Lipinski definition) is 3. The number of esters is 3. The second kappa shape index (κ2) is 46.9. The fourth-order valence-corrected chi connectivity index (χ4v) is 7.81. The van der Waals surface area contributed by atoms with E-state index in [1.54, 1.807) is 0 Å². The van der Waals surface area contributed by atoms with Gasteiger partial charge in [0.2, 0.25) is 0 Å². The van der Waals surface area contributed by atoms with Crippen LogP contribution in [0.5, 0.6) is 0 Å². The van der Waals surface area contributed by atoms with E-state index in [2.05, 4.69) is 93.7 Å². The highest BCUT2D eigenvalue weighted by atomic mass is 16.7. The SMILES string of the molecule is CC/C=C\C/C=C\C/C=C\C/C=C\CCC(=O)OC(COC(=O)CCCCCCCCC/C=C\C/C=C\C/C=C\CC)COC1OC(C(=O)O)C(O)C(O)C1OC(=O)CCCCCCCCCCCCC. The maximum absolute atomic E-state index is 13.1. The Morgan fingerprint density at radius 3 is 1.41 bits per heavy atom. The summed E-state index contributed by atoms with van der Waals surface area (Å²) in [4.78, 5) is 50.9. The summed E-state index contributed by atoms with van der Waals surface area (Å²) in [6.07, 6.45) is 47.3. The molecule has 0 spiro atoms. The van der Waals surface area contributed by atoms with Gasteiger partial charge in [-0.15, -0.1) is 0 Å². The molecular weight excluding hydrogens is 901 g/mol. The molecule has 0 aliphatic carbocycles. The van der Waals surface area contributed by atoms with Crippen LogP contribution in [-0.4, -0.2) is 89.2 Å². The van der Waals surface area contributed by atoms with Crippen LogP contribution in [-0.2, 0) is 42.9 Å². The van der Waals surface area contributed by atoms with Crippen LogP contribution in [0.2, 0.25) is 0 Å². The molecule has 1 saturated heterocycles. The van der Waals surface area contributed by atoms with Crippen molar-refractivity contribution in [3.8, 4) is 0 Å². The van der Waals surface area contributed by atoms with E-state index < -0.39 is 67.3 Å². The molecule has 1 heterocycles. The summed E-state index contributed by atoms with van der Waals surface area (Å²) in [7, 11) is 0. The second-order valence-corrected chi connectivity index (χ2v) is 18.5. The zero-order chi connectivity index (χ0) is 51.8. The summed E-state index contributed by atoms with van der Waals surface area (Å²) >= 11 is 0. The van der Waals surface area contributed by atoms with Gasteiger partial charge in [-0.1, -0.05) is 202 Å². The number of ether oxygens (including phenoxy) is 5. The van der Waals surface area contributed by atoms with Gasteiger partial charge in [-0.2, -0.15) is 0 Å². The monoisotopic (exact) mass is 997 g/mol. The Morgan fingerprint density at radius 2 is 0.915 bits per heavy atom. The topological polar surface area (TPSA) is 175 Å². The highest BCUT2D eigenvalue weighted by molar-refractivity contribution is 5.74. The minimum Gasteiger partial charge on any atom is -0.479 e. The smallest absolute Gasteiger partial charge is 0.335 e. The van der Waals surface area contributed by atoms with Gasteiger partial charge in [0.05, 0.1) is 6.61 Å². The van der Waals surface area contributed by atoms with Crippen LogP contribution in [0.1, 0.15) is 213 Å². The number of carboxylic acid groups (broad SMARTS) is 1. The summed E-state index contributed by atoms with van der Waals surface area (Å²) < 4.78 is 28.2. The van der Waals surface area contributed by atoms with Gasteiger partial charge in [0.1, 0.15) is 18.8 Å². The number of allylic oxidation sites excluding steroid dienone is 14. The summed E-state index contributed by atoms with van der Waals surface area (Å²) in [6, 6.07) is 0. The number of aliphatic hydroxyl groups is 2. The molecule has 12 nitrogen and oxygen atoms in total. The van der Waals surface area contributed by atoms with Gasteiger partial charge in [-0.3, -0.25) is 14.4 Å². The molecule has 1 aliphatic rings. The highest BCUT2D eigenvalue weighted by Crippen LogP contribution is 2.26.